The average Bonchev–Trinajstić information content (AvgIpc) is 3.08. The third kappa shape index (κ3) is 4.36. The molecule has 138 valence electrons. The average molecular weight is 352 g/mol. The van der Waals surface area contributed by atoms with E-state index < -0.39 is 11.6 Å². The van der Waals surface area contributed by atoms with Gasteiger partial charge in [-0.05, 0) is 63.9 Å². The highest BCUT2D eigenvalue weighted by Crippen LogP contribution is 2.33. The first kappa shape index (κ1) is 18.3. The first-order valence-corrected chi connectivity index (χ1v) is 9.07. The predicted molar refractivity (Wildman–Crippen MR) is 91.1 cm³/mol. The molecule has 0 bridgehead atoms. The number of nitrogens with one attached hydrogen (secondary N) is 1. The van der Waals surface area contributed by atoms with E-state index in [0.29, 0.717) is 12.5 Å². The molecule has 0 radical (unpaired) electrons. The number of piperidine rings is 1. The molecule has 0 aromatic heterocycles. The fraction of sp³-hybridized carbons (Fsp3) is 0.632. The molecule has 2 saturated heterocycles. The van der Waals surface area contributed by atoms with Crippen molar-refractivity contribution in [2.45, 2.75) is 31.8 Å². The second kappa shape index (κ2) is 8.23. The summed E-state index contributed by atoms with van der Waals surface area (Å²) in [6, 6.07) is 3.82. The van der Waals surface area contributed by atoms with Crippen LogP contribution in [-0.4, -0.2) is 50.2 Å². The summed E-state index contributed by atoms with van der Waals surface area (Å²) in [4.78, 5) is 14.8. The number of carbonyl (C=O) groups excluding carboxylic acids is 1. The topological polar surface area (TPSA) is 41.6 Å². The van der Waals surface area contributed by atoms with Gasteiger partial charge in [-0.1, -0.05) is 6.07 Å². The second-order valence-electron chi connectivity index (χ2n) is 7.11. The zero-order chi connectivity index (χ0) is 17.8. The Morgan fingerprint density at radius 2 is 1.92 bits per heavy atom. The van der Waals surface area contributed by atoms with Gasteiger partial charge in [-0.2, -0.15) is 0 Å². The summed E-state index contributed by atoms with van der Waals surface area (Å²) in [6.07, 6.45) is 2.93. The van der Waals surface area contributed by atoms with Crippen molar-refractivity contribution < 1.29 is 18.3 Å². The number of amides is 1. The SMILES string of the molecule is CN1CCC([C@H]2OCC[C@@H]2C(=O)NCCc2c(F)cccc2F)CC1. The highest BCUT2D eigenvalue weighted by atomic mass is 19.1. The number of ether oxygens (including phenoxy) is 1. The molecule has 1 aromatic carbocycles. The van der Waals surface area contributed by atoms with Crippen LogP contribution in [0.15, 0.2) is 18.2 Å². The summed E-state index contributed by atoms with van der Waals surface area (Å²) in [5, 5.41) is 2.84. The first-order valence-electron chi connectivity index (χ1n) is 9.07. The van der Waals surface area contributed by atoms with Crippen molar-refractivity contribution in [1.29, 1.82) is 0 Å². The molecule has 3 rings (SSSR count). The van der Waals surface area contributed by atoms with Gasteiger partial charge in [0.05, 0.1) is 12.0 Å². The largest absolute Gasteiger partial charge is 0.377 e. The van der Waals surface area contributed by atoms with Gasteiger partial charge in [0.1, 0.15) is 11.6 Å². The number of carbonyl (C=O) groups is 1. The Kier molecular flexibility index (Phi) is 6.02. The lowest BCUT2D eigenvalue weighted by Gasteiger charge is -2.34. The second-order valence-corrected chi connectivity index (χ2v) is 7.11. The van der Waals surface area contributed by atoms with Gasteiger partial charge < -0.3 is 15.0 Å². The normalized spacial score (nSPS) is 25.2. The zero-order valence-corrected chi connectivity index (χ0v) is 14.6. The molecule has 6 heteroatoms. The number of hydrogen-bond donors (Lipinski definition) is 1. The Balaban J connectivity index is 1.52. The van der Waals surface area contributed by atoms with E-state index in [9.17, 15) is 13.6 Å². The molecular weight excluding hydrogens is 326 g/mol. The number of likely N-dealkylation sites (tertiary alicyclic amines) is 1. The Morgan fingerprint density at radius 1 is 1.24 bits per heavy atom. The van der Waals surface area contributed by atoms with Crippen LogP contribution in [0.1, 0.15) is 24.8 Å². The Labute approximate surface area is 147 Å². The van der Waals surface area contributed by atoms with Crippen molar-refractivity contribution in [2.24, 2.45) is 11.8 Å². The molecule has 1 N–H and O–H groups in total. The van der Waals surface area contributed by atoms with Gasteiger partial charge in [0.25, 0.3) is 0 Å². The van der Waals surface area contributed by atoms with Gasteiger partial charge in [0, 0.05) is 18.7 Å². The lowest BCUT2D eigenvalue weighted by atomic mass is 9.84. The summed E-state index contributed by atoms with van der Waals surface area (Å²) < 4.78 is 33.1. The minimum Gasteiger partial charge on any atom is -0.377 e. The number of hydrogen-bond acceptors (Lipinski definition) is 3. The highest BCUT2D eigenvalue weighted by molar-refractivity contribution is 5.79. The summed E-state index contributed by atoms with van der Waals surface area (Å²) >= 11 is 0. The maximum Gasteiger partial charge on any atom is 0.225 e. The fourth-order valence-corrected chi connectivity index (χ4v) is 3.93. The van der Waals surface area contributed by atoms with Crippen molar-refractivity contribution in [3.05, 3.63) is 35.4 Å². The third-order valence-electron chi connectivity index (χ3n) is 5.44. The van der Waals surface area contributed by atoms with Crippen LogP contribution in [0.25, 0.3) is 0 Å². The molecule has 0 spiro atoms. The molecule has 1 aromatic rings. The van der Waals surface area contributed by atoms with Crippen molar-refractivity contribution in [2.75, 3.05) is 33.3 Å². The monoisotopic (exact) mass is 352 g/mol. The highest BCUT2D eigenvalue weighted by Gasteiger charge is 2.39. The van der Waals surface area contributed by atoms with E-state index >= 15 is 0 Å². The van der Waals surface area contributed by atoms with E-state index in [1.165, 1.54) is 18.2 Å². The van der Waals surface area contributed by atoms with Gasteiger partial charge in [-0.15, -0.1) is 0 Å². The standard InChI is InChI=1S/C19H26F2N2O2/c1-23-10-6-13(7-11-23)18-15(8-12-25-18)19(24)22-9-5-14-16(20)3-2-4-17(14)21/h2-4,13,15,18H,5-12H2,1H3,(H,22,24)/t15-,18+/m0/s1. The van der Waals surface area contributed by atoms with E-state index in [-0.39, 0.29) is 36.5 Å². The summed E-state index contributed by atoms with van der Waals surface area (Å²) in [7, 11) is 2.11. The van der Waals surface area contributed by atoms with E-state index in [4.69, 9.17) is 4.74 Å². The van der Waals surface area contributed by atoms with Gasteiger partial charge >= 0.3 is 0 Å². The van der Waals surface area contributed by atoms with E-state index in [0.717, 1.165) is 32.4 Å². The molecule has 2 aliphatic heterocycles. The lowest BCUT2D eigenvalue weighted by molar-refractivity contribution is -0.128. The van der Waals surface area contributed by atoms with Crippen LogP contribution in [0.4, 0.5) is 8.78 Å². The Bertz CT molecular complexity index is 583. The molecule has 2 aliphatic rings. The molecule has 0 aliphatic carbocycles. The molecule has 2 atom stereocenters. The quantitative estimate of drug-likeness (QED) is 0.885. The van der Waals surface area contributed by atoms with E-state index in [1.807, 2.05) is 0 Å². The minimum absolute atomic E-state index is 0.0253. The molecule has 4 nitrogen and oxygen atoms in total. The summed E-state index contributed by atoms with van der Waals surface area (Å²) in [5.74, 6) is -0.930. The van der Waals surface area contributed by atoms with E-state index in [2.05, 4.69) is 17.3 Å². The van der Waals surface area contributed by atoms with Crippen molar-refractivity contribution >= 4 is 5.91 Å². The number of nitrogens with zero attached hydrogens (tertiary/aromatic N) is 1. The first-order chi connectivity index (χ1) is 12.1. The van der Waals surface area contributed by atoms with Crippen molar-refractivity contribution in [1.82, 2.24) is 10.2 Å². The van der Waals surface area contributed by atoms with Crippen molar-refractivity contribution in [3.8, 4) is 0 Å². The Hall–Kier alpha value is -1.53. The molecule has 0 saturated carbocycles. The number of halogens is 2. The van der Waals surface area contributed by atoms with Crippen LogP contribution >= 0.6 is 0 Å². The number of rotatable bonds is 5. The Morgan fingerprint density at radius 3 is 2.60 bits per heavy atom. The molecule has 2 fully saturated rings. The predicted octanol–water partition coefficient (Wildman–Crippen LogP) is 2.37. The van der Waals surface area contributed by atoms with Gasteiger partial charge in [-0.25, -0.2) is 8.78 Å². The minimum atomic E-state index is -0.567. The third-order valence-corrected chi connectivity index (χ3v) is 5.44. The van der Waals surface area contributed by atoms with Gasteiger partial charge in [0.2, 0.25) is 5.91 Å². The number of benzene rings is 1. The van der Waals surface area contributed by atoms with Crippen LogP contribution < -0.4 is 5.32 Å². The maximum absolute atomic E-state index is 13.6. The zero-order valence-electron chi connectivity index (χ0n) is 14.6. The van der Waals surface area contributed by atoms with Gasteiger partial charge in [-0.3, -0.25) is 4.79 Å². The van der Waals surface area contributed by atoms with Gasteiger partial charge in [0.15, 0.2) is 0 Å². The maximum atomic E-state index is 13.6. The van der Waals surface area contributed by atoms with Crippen LogP contribution in [0.5, 0.6) is 0 Å². The summed E-state index contributed by atoms with van der Waals surface area (Å²) in [6.45, 7) is 2.90. The molecule has 2 heterocycles. The fourth-order valence-electron chi connectivity index (χ4n) is 3.93. The van der Waals surface area contributed by atoms with Crippen LogP contribution in [0, 0.1) is 23.5 Å². The summed E-state index contributed by atoms with van der Waals surface area (Å²) in [5.41, 5.74) is 0.0253. The van der Waals surface area contributed by atoms with E-state index in [1.54, 1.807) is 0 Å². The molecule has 0 unspecified atom stereocenters. The van der Waals surface area contributed by atoms with Crippen molar-refractivity contribution in [3.63, 3.8) is 0 Å². The van der Waals surface area contributed by atoms with Crippen LogP contribution in [0.3, 0.4) is 0 Å². The molecular formula is C19H26F2N2O2. The van der Waals surface area contributed by atoms with Crippen LogP contribution in [-0.2, 0) is 16.0 Å². The van der Waals surface area contributed by atoms with Crippen LogP contribution in [0.2, 0.25) is 0 Å². The lowest BCUT2D eigenvalue weighted by Crippen LogP contribution is -2.42. The smallest absolute Gasteiger partial charge is 0.225 e. The molecule has 1 amide bonds. The molecule has 25 heavy (non-hydrogen) atoms.